The Kier molecular flexibility index (Phi) is 5.59. The number of benzene rings is 3. The van der Waals surface area contributed by atoms with Crippen LogP contribution in [-0.4, -0.2) is 8.42 Å². The van der Waals surface area contributed by atoms with Crippen molar-refractivity contribution in [2.45, 2.75) is 32.2 Å². The van der Waals surface area contributed by atoms with E-state index in [1.807, 2.05) is 63.2 Å². The summed E-state index contributed by atoms with van der Waals surface area (Å²) in [6.07, 6.45) is 0. The van der Waals surface area contributed by atoms with E-state index in [1.165, 1.54) is 4.31 Å². The molecule has 0 heterocycles. The average Bonchev–Trinajstić information content (AvgIpc) is 2.64. The van der Waals surface area contributed by atoms with Crippen LogP contribution in [0.25, 0.3) is 0 Å². The molecule has 0 N–H and O–H groups in total. The van der Waals surface area contributed by atoms with E-state index in [2.05, 4.69) is 0 Å². The molecule has 0 spiro atoms. The van der Waals surface area contributed by atoms with Crippen molar-refractivity contribution < 1.29 is 8.42 Å². The molecule has 27 heavy (non-hydrogen) atoms. The van der Waals surface area contributed by atoms with Crippen LogP contribution in [0.2, 0.25) is 5.02 Å². The highest BCUT2D eigenvalue weighted by Crippen LogP contribution is 2.30. The maximum Gasteiger partial charge on any atom is 0.264 e. The van der Waals surface area contributed by atoms with Crippen molar-refractivity contribution in [3.05, 3.63) is 94.0 Å². The number of aryl methyl sites for hydroxylation is 2. The van der Waals surface area contributed by atoms with Crippen LogP contribution in [0.4, 0.5) is 5.69 Å². The van der Waals surface area contributed by atoms with Gasteiger partial charge >= 0.3 is 0 Å². The summed E-state index contributed by atoms with van der Waals surface area (Å²) < 4.78 is 28.4. The summed E-state index contributed by atoms with van der Waals surface area (Å²) in [5.74, 6) is 0. The van der Waals surface area contributed by atoms with Crippen LogP contribution in [0.15, 0.2) is 71.6 Å². The van der Waals surface area contributed by atoms with Gasteiger partial charge in [-0.2, -0.15) is 0 Å². The molecule has 0 saturated heterocycles. The maximum absolute atomic E-state index is 13.5. The van der Waals surface area contributed by atoms with Crippen molar-refractivity contribution in [1.82, 2.24) is 0 Å². The molecule has 0 radical (unpaired) electrons. The molecule has 0 unspecified atom stereocenters. The zero-order valence-corrected chi connectivity index (χ0v) is 17.2. The molecule has 140 valence electrons. The molecule has 0 aliphatic heterocycles. The topological polar surface area (TPSA) is 37.4 Å². The van der Waals surface area contributed by atoms with Gasteiger partial charge in [-0.05, 0) is 67.8 Å². The lowest BCUT2D eigenvalue weighted by molar-refractivity contribution is 0.590. The Morgan fingerprint density at radius 1 is 0.852 bits per heavy atom. The molecule has 0 aromatic heterocycles. The second kappa shape index (κ2) is 7.75. The maximum atomic E-state index is 13.5. The Morgan fingerprint density at radius 2 is 1.48 bits per heavy atom. The molecule has 3 aromatic rings. The van der Waals surface area contributed by atoms with Crippen molar-refractivity contribution in [2.24, 2.45) is 0 Å². The molecule has 3 nitrogen and oxygen atoms in total. The van der Waals surface area contributed by atoms with Crippen LogP contribution >= 0.6 is 11.6 Å². The van der Waals surface area contributed by atoms with E-state index in [-0.39, 0.29) is 11.4 Å². The van der Waals surface area contributed by atoms with Crippen molar-refractivity contribution in [2.75, 3.05) is 4.31 Å². The van der Waals surface area contributed by atoms with E-state index in [1.54, 1.807) is 24.3 Å². The lowest BCUT2D eigenvalue weighted by Gasteiger charge is -2.27. The first-order chi connectivity index (χ1) is 12.8. The van der Waals surface area contributed by atoms with Gasteiger partial charge in [0.15, 0.2) is 0 Å². The molecule has 0 amide bonds. The number of hydrogen-bond acceptors (Lipinski definition) is 2. The lowest BCUT2D eigenvalue weighted by atomic mass is 10.1. The van der Waals surface area contributed by atoms with Crippen LogP contribution in [0.1, 0.15) is 22.3 Å². The molecule has 3 aromatic carbocycles. The first kappa shape index (κ1) is 19.5. The third-order valence-corrected chi connectivity index (χ3v) is 6.72. The second-order valence-electron chi connectivity index (χ2n) is 6.67. The predicted molar refractivity (Wildman–Crippen MR) is 112 cm³/mol. The molecular weight excluding hydrogens is 378 g/mol. The molecule has 0 saturated carbocycles. The van der Waals surface area contributed by atoms with Gasteiger partial charge in [0, 0.05) is 5.02 Å². The van der Waals surface area contributed by atoms with Crippen molar-refractivity contribution in [1.29, 1.82) is 0 Å². The summed E-state index contributed by atoms with van der Waals surface area (Å²) in [6, 6.07) is 19.9. The Balaban J connectivity index is 2.13. The minimum Gasteiger partial charge on any atom is -0.262 e. The Hall–Kier alpha value is -2.30. The van der Waals surface area contributed by atoms with E-state index in [0.717, 1.165) is 22.3 Å². The third-order valence-electron chi connectivity index (χ3n) is 4.69. The van der Waals surface area contributed by atoms with E-state index < -0.39 is 10.0 Å². The smallest absolute Gasteiger partial charge is 0.262 e. The number of rotatable bonds is 5. The van der Waals surface area contributed by atoms with Crippen LogP contribution in [0.5, 0.6) is 0 Å². The van der Waals surface area contributed by atoms with E-state index >= 15 is 0 Å². The minimum absolute atomic E-state index is 0.234. The molecule has 0 aliphatic rings. The van der Waals surface area contributed by atoms with E-state index in [4.69, 9.17) is 11.6 Å². The largest absolute Gasteiger partial charge is 0.264 e. The van der Waals surface area contributed by atoms with Gasteiger partial charge in [-0.15, -0.1) is 0 Å². The quantitative estimate of drug-likeness (QED) is 0.555. The number of hydrogen-bond donors (Lipinski definition) is 0. The van der Waals surface area contributed by atoms with E-state index in [0.29, 0.717) is 10.7 Å². The fourth-order valence-electron chi connectivity index (χ4n) is 2.90. The van der Waals surface area contributed by atoms with Crippen LogP contribution in [0.3, 0.4) is 0 Å². The Bertz CT molecular complexity index is 1040. The van der Waals surface area contributed by atoms with Gasteiger partial charge in [-0.3, -0.25) is 4.31 Å². The van der Waals surface area contributed by atoms with Gasteiger partial charge in [0.2, 0.25) is 0 Å². The summed E-state index contributed by atoms with van der Waals surface area (Å²) in [5, 5.41) is 0.624. The van der Waals surface area contributed by atoms with Crippen LogP contribution < -0.4 is 4.31 Å². The second-order valence-corrected chi connectivity index (χ2v) is 8.97. The highest BCUT2D eigenvalue weighted by Gasteiger charge is 2.26. The lowest BCUT2D eigenvalue weighted by Crippen LogP contribution is -2.31. The van der Waals surface area contributed by atoms with Crippen molar-refractivity contribution >= 4 is 27.3 Å². The number of anilines is 1. The summed E-state index contributed by atoms with van der Waals surface area (Å²) in [6.45, 7) is 6.10. The molecule has 3 rings (SSSR count). The predicted octanol–water partition coefficient (Wildman–Crippen LogP) is 5.66. The highest BCUT2D eigenvalue weighted by molar-refractivity contribution is 7.92. The minimum atomic E-state index is -3.72. The van der Waals surface area contributed by atoms with Gasteiger partial charge in [-0.25, -0.2) is 8.42 Å². The molecular formula is C22H22ClNO2S. The van der Waals surface area contributed by atoms with Gasteiger partial charge in [-0.1, -0.05) is 53.6 Å². The SMILES string of the molecule is Cc1ccc(S(=O)(=O)N(Cc2ccc(Cl)cc2)c2cccc(C)c2C)cc1. The average molecular weight is 400 g/mol. The van der Waals surface area contributed by atoms with Crippen molar-refractivity contribution in [3.8, 4) is 0 Å². The highest BCUT2D eigenvalue weighted by atomic mass is 35.5. The zero-order chi connectivity index (χ0) is 19.6. The molecule has 0 bridgehead atoms. The monoisotopic (exact) mass is 399 g/mol. The fraction of sp³-hybridized carbons (Fsp3) is 0.182. The summed E-state index contributed by atoms with van der Waals surface area (Å²) >= 11 is 5.98. The molecule has 0 atom stereocenters. The number of nitrogens with zero attached hydrogens (tertiary/aromatic N) is 1. The summed E-state index contributed by atoms with van der Waals surface area (Å²) in [4.78, 5) is 0.281. The van der Waals surface area contributed by atoms with Gasteiger partial charge in [0.1, 0.15) is 0 Å². The van der Waals surface area contributed by atoms with E-state index in [9.17, 15) is 8.42 Å². The van der Waals surface area contributed by atoms with Crippen molar-refractivity contribution in [3.63, 3.8) is 0 Å². The third kappa shape index (κ3) is 4.18. The first-order valence-corrected chi connectivity index (χ1v) is 10.5. The summed E-state index contributed by atoms with van der Waals surface area (Å²) in [7, 11) is -3.72. The standard InChI is InChI=1S/C22H22ClNO2S/c1-16-7-13-21(14-8-16)27(25,26)24(15-19-9-11-20(23)12-10-19)22-6-4-5-17(2)18(22)3/h4-14H,15H2,1-3H3. The summed E-state index contributed by atoms with van der Waals surface area (Å²) in [5.41, 5.74) is 4.57. The first-order valence-electron chi connectivity index (χ1n) is 8.69. The Labute approximate surface area is 166 Å². The molecule has 0 aliphatic carbocycles. The van der Waals surface area contributed by atoms with Crippen LogP contribution in [-0.2, 0) is 16.6 Å². The Morgan fingerprint density at radius 3 is 2.11 bits per heavy atom. The zero-order valence-electron chi connectivity index (χ0n) is 15.6. The number of halogens is 1. The normalized spacial score (nSPS) is 11.4. The molecule has 5 heteroatoms. The fourth-order valence-corrected chi connectivity index (χ4v) is 4.53. The van der Waals surface area contributed by atoms with Gasteiger partial charge < -0.3 is 0 Å². The van der Waals surface area contributed by atoms with Gasteiger partial charge in [0.05, 0.1) is 17.1 Å². The number of sulfonamides is 1. The molecule has 0 fully saturated rings. The van der Waals surface area contributed by atoms with Crippen LogP contribution in [0, 0.1) is 20.8 Å². The van der Waals surface area contributed by atoms with Gasteiger partial charge in [0.25, 0.3) is 10.0 Å².